The Morgan fingerprint density at radius 2 is 1.47 bits per heavy atom. The molecule has 30 heavy (non-hydrogen) atoms. The lowest BCUT2D eigenvalue weighted by molar-refractivity contribution is -0.173. The Hall–Kier alpha value is -0.160. The molecule has 6 atom stereocenters. The third-order valence-electron chi connectivity index (χ3n) is 9.68. The highest BCUT2D eigenvalue weighted by molar-refractivity contribution is 5.15. The molecule has 3 aliphatic heterocycles. The Kier molecular flexibility index (Phi) is 7.19. The number of hydrogen-bond donors (Lipinski definition) is 2. The molecule has 0 amide bonds. The van der Waals surface area contributed by atoms with Crippen LogP contribution in [0.25, 0.3) is 0 Å². The van der Waals surface area contributed by atoms with Crippen molar-refractivity contribution in [2.75, 3.05) is 13.3 Å². The smallest absolute Gasteiger partial charge is 0.0998 e. The normalized spacial score (nSPS) is 46.0. The lowest BCUT2D eigenvalue weighted by Gasteiger charge is -2.51. The number of rotatable bonds is 0. The van der Waals surface area contributed by atoms with Crippen molar-refractivity contribution in [1.29, 1.82) is 0 Å². The van der Waals surface area contributed by atoms with Crippen molar-refractivity contribution in [3.8, 4) is 0 Å². The highest BCUT2D eigenvalue weighted by atomic mass is 16.6. The van der Waals surface area contributed by atoms with Crippen LogP contribution in [0.3, 0.4) is 0 Å². The van der Waals surface area contributed by atoms with Crippen LogP contribution < -0.4 is 10.6 Å². The Balaban J connectivity index is 1.41. The summed E-state index contributed by atoms with van der Waals surface area (Å²) in [5.74, 6) is 0.965. The van der Waals surface area contributed by atoms with E-state index in [0.717, 1.165) is 24.9 Å². The molecule has 0 aromatic carbocycles. The molecule has 4 nitrogen and oxygen atoms in total. The number of ether oxygens (including phenoxy) is 2. The van der Waals surface area contributed by atoms with Gasteiger partial charge in [-0.25, -0.2) is 0 Å². The van der Waals surface area contributed by atoms with Crippen molar-refractivity contribution in [1.82, 2.24) is 10.6 Å². The van der Waals surface area contributed by atoms with Crippen molar-refractivity contribution < 1.29 is 9.47 Å². The van der Waals surface area contributed by atoms with E-state index in [9.17, 15) is 0 Å². The quantitative estimate of drug-likeness (QED) is 0.505. The van der Waals surface area contributed by atoms with E-state index < -0.39 is 0 Å². The van der Waals surface area contributed by atoms with Gasteiger partial charge >= 0.3 is 0 Å². The van der Waals surface area contributed by atoms with E-state index in [2.05, 4.69) is 38.3 Å². The molecule has 4 aliphatic rings. The fraction of sp³-hybridized carbons (Fsp3) is 1.00. The van der Waals surface area contributed by atoms with Crippen LogP contribution in [0, 0.1) is 11.3 Å². The average molecular weight is 421 g/mol. The maximum absolute atomic E-state index is 6.42. The molecule has 3 heterocycles. The summed E-state index contributed by atoms with van der Waals surface area (Å²) in [7, 11) is 0. The molecule has 0 spiro atoms. The van der Waals surface area contributed by atoms with Crippen LogP contribution in [0.2, 0.25) is 0 Å². The zero-order valence-electron chi connectivity index (χ0n) is 20.2. The van der Waals surface area contributed by atoms with E-state index in [1.54, 1.807) is 0 Å². The van der Waals surface area contributed by atoms with Crippen LogP contribution in [0.1, 0.15) is 111 Å². The summed E-state index contributed by atoms with van der Waals surface area (Å²) in [6, 6.07) is 1.33. The molecular weight excluding hydrogens is 372 g/mol. The number of nitrogens with one attached hydrogen (secondary N) is 2. The first-order valence-electron chi connectivity index (χ1n) is 13.1. The van der Waals surface area contributed by atoms with Gasteiger partial charge < -0.3 is 14.8 Å². The summed E-state index contributed by atoms with van der Waals surface area (Å²) < 4.78 is 12.8. The third kappa shape index (κ3) is 4.77. The lowest BCUT2D eigenvalue weighted by atomic mass is 9.63. The molecule has 4 rings (SSSR count). The molecule has 4 bridgehead atoms. The molecule has 2 N–H and O–H groups in total. The van der Waals surface area contributed by atoms with E-state index in [0.29, 0.717) is 18.9 Å². The fourth-order valence-corrected chi connectivity index (χ4v) is 6.74. The first-order valence-corrected chi connectivity index (χ1v) is 13.1. The molecule has 4 fully saturated rings. The van der Waals surface area contributed by atoms with Crippen molar-refractivity contribution in [2.24, 2.45) is 11.3 Å². The first-order chi connectivity index (χ1) is 14.3. The van der Waals surface area contributed by atoms with Gasteiger partial charge in [-0.15, -0.1) is 0 Å². The number of epoxide rings is 1. The van der Waals surface area contributed by atoms with Crippen LogP contribution >= 0.6 is 0 Å². The summed E-state index contributed by atoms with van der Waals surface area (Å²) in [6.45, 7) is 11.3. The third-order valence-corrected chi connectivity index (χ3v) is 9.68. The molecule has 0 aromatic rings. The topological polar surface area (TPSA) is 45.8 Å². The zero-order valence-corrected chi connectivity index (χ0v) is 20.2. The van der Waals surface area contributed by atoms with E-state index in [1.165, 1.54) is 77.0 Å². The molecular formula is C26H48N2O2. The second kappa shape index (κ2) is 9.37. The van der Waals surface area contributed by atoms with Crippen LogP contribution in [0.5, 0.6) is 0 Å². The van der Waals surface area contributed by atoms with Gasteiger partial charge in [0.15, 0.2) is 0 Å². The summed E-state index contributed by atoms with van der Waals surface area (Å²) in [4.78, 5) is 0. The standard InChI is InChI=1S/C26H48N2O2/c1-24(2)25(3)18-22(28-19-29-25)13-8-6-5-7-11-20-12-9-14-21(17-20)27-16-10-15-23-26(24,4)30-23/h20-23,27-28H,5-19H2,1-4H3. The van der Waals surface area contributed by atoms with E-state index in [4.69, 9.17) is 9.47 Å². The Labute approximate surface area is 185 Å². The SMILES string of the molecule is CC12CC(CCCCCCC3CCCC(C3)NCCCC3OC3(C)C1(C)C)NCO2. The highest BCUT2D eigenvalue weighted by Crippen LogP contribution is 2.58. The molecule has 0 radical (unpaired) electrons. The Morgan fingerprint density at radius 1 is 0.733 bits per heavy atom. The maximum atomic E-state index is 6.42. The number of hydrogen-bond acceptors (Lipinski definition) is 4. The van der Waals surface area contributed by atoms with Crippen LogP contribution in [-0.2, 0) is 9.47 Å². The molecule has 3 saturated heterocycles. The Morgan fingerprint density at radius 3 is 2.30 bits per heavy atom. The zero-order chi connectivity index (χ0) is 21.2. The van der Waals surface area contributed by atoms with Gasteiger partial charge in [-0.1, -0.05) is 58.8 Å². The Bertz CT molecular complexity index is 567. The van der Waals surface area contributed by atoms with E-state index in [1.807, 2.05) is 0 Å². The highest BCUT2D eigenvalue weighted by Gasteiger charge is 2.67. The van der Waals surface area contributed by atoms with Gasteiger partial charge in [0, 0.05) is 17.5 Å². The van der Waals surface area contributed by atoms with E-state index >= 15 is 0 Å². The van der Waals surface area contributed by atoms with Crippen molar-refractivity contribution in [2.45, 2.75) is 141 Å². The van der Waals surface area contributed by atoms with Gasteiger partial charge in [0.25, 0.3) is 0 Å². The minimum atomic E-state index is -0.134. The summed E-state index contributed by atoms with van der Waals surface area (Å²) in [6.07, 6.45) is 17.8. The van der Waals surface area contributed by atoms with Gasteiger partial charge in [-0.2, -0.15) is 0 Å². The van der Waals surface area contributed by atoms with E-state index in [-0.39, 0.29) is 16.6 Å². The summed E-state index contributed by atoms with van der Waals surface area (Å²) in [5, 5.41) is 7.53. The average Bonchev–Trinajstić information content (AvgIpc) is 3.40. The fourth-order valence-electron chi connectivity index (χ4n) is 6.74. The predicted octanol–water partition coefficient (Wildman–Crippen LogP) is 5.55. The predicted molar refractivity (Wildman–Crippen MR) is 124 cm³/mol. The molecule has 174 valence electrons. The minimum absolute atomic E-state index is 0.00203. The second-order valence-corrected chi connectivity index (χ2v) is 11.8. The summed E-state index contributed by atoms with van der Waals surface area (Å²) in [5.41, 5.74) is -0.203. The molecule has 6 unspecified atom stereocenters. The van der Waals surface area contributed by atoms with Crippen LogP contribution in [0.15, 0.2) is 0 Å². The second-order valence-electron chi connectivity index (χ2n) is 11.8. The van der Waals surface area contributed by atoms with Crippen LogP contribution in [0.4, 0.5) is 0 Å². The number of fused-ring (bicyclic) bond motifs is 5. The molecule has 1 saturated carbocycles. The monoisotopic (exact) mass is 420 g/mol. The molecule has 0 aromatic heterocycles. The van der Waals surface area contributed by atoms with Gasteiger partial charge in [0.1, 0.15) is 0 Å². The minimum Gasteiger partial charge on any atom is -0.366 e. The van der Waals surface area contributed by atoms with Gasteiger partial charge in [0.05, 0.1) is 24.0 Å². The lowest BCUT2D eigenvalue weighted by Crippen LogP contribution is -2.60. The molecule has 1 aliphatic carbocycles. The van der Waals surface area contributed by atoms with Crippen LogP contribution in [-0.4, -0.2) is 42.7 Å². The molecule has 4 heteroatoms. The maximum Gasteiger partial charge on any atom is 0.0998 e. The van der Waals surface area contributed by atoms with Crippen molar-refractivity contribution in [3.05, 3.63) is 0 Å². The largest absolute Gasteiger partial charge is 0.366 e. The van der Waals surface area contributed by atoms with Crippen molar-refractivity contribution in [3.63, 3.8) is 0 Å². The first kappa shape index (κ1) is 23.0. The van der Waals surface area contributed by atoms with Gasteiger partial charge in [0.2, 0.25) is 0 Å². The van der Waals surface area contributed by atoms with Gasteiger partial charge in [-0.3, -0.25) is 5.32 Å². The van der Waals surface area contributed by atoms with Crippen molar-refractivity contribution >= 4 is 0 Å². The summed E-state index contributed by atoms with van der Waals surface area (Å²) >= 11 is 0. The van der Waals surface area contributed by atoms with Gasteiger partial charge in [-0.05, 0) is 64.8 Å².